The van der Waals surface area contributed by atoms with Gasteiger partial charge in [0.25, 0.3) is 6.43 Å². The molecule has 78 valence electrons. The molecule has 0 heterocycles. The molecule has 0 fully saturated rings. The van der Waals surface area contributed by atoms with Crippen LogP contribution in [0.5, 0.6) is 0 Å². The number of aliphatic hydroxyl groups is 1. The minimum Gasteiger partial charge on any atom is -0.382 e. The first kappa shape index (κ1) is 10.1. The van der Waals surface area contributed by atoms with Crippen molar-refractivity contribution in [3.63, 3.8) is 0 Å². The number of hydrogen-bond acceptors (Lipinski definition) is 1. The number of alkyl halides is 2. The van der Waals surface area contributed by atoms with Crippen LogP contribution in [0.1, 0.15) is 11.7 Å². The molecule has 2 aromatic carbocycles. The summed E-state index contributed by atoms with van der Waals surface area (Å²) in [5.41, 5.74) is 0.281. The number of hydrogen-bond donors (Lipinski definition) is 1. The summed E-state index contributed by atoms with van der Waals surface area (Å²) in [6.45, 7) is 0. The minimum absolute atomic E-state index is 0.281. The van der Waals surface area contributed by atoms with Gasteiger partial charge in [0, 0.05) is 0 Å². The maximum absolute atomic E-state index is 12.4. The molecule has 0 saturated carbocycles. The molecular weight excluding hydrogens is 198 g/mol. The van der Waals surface area contributed by atoms with Crippen LogP contribution < -0.4 is 0 Å². The van der Waals surface area contributed by atoms with Crippen LogP contribution in [0, 0.1) is 0 Å². The Morgan fingerprint density at radius 2 is 1.60 bits per heavy atom. The van der Waals surface area contributed by atoms with Gasteiger partial charge in [0.05, 0.1) is 0 Å². The molecule has 0 bridgehead atoms. The van der Waals surface area contributed by atoms with E-state index in [-0.39, 0.29) is 5.56 Å². The van der Waals surface area contributed by atoms with E-state index in [1.165, 1.54) is 6.07 Å². The zero-order valence-corrected chi connectivity index (χ0v) is 7.90. The Morgan fingerprint density at radius 3 is 2.33 bits per heavy atom. The molecule has 0 spiro atoms. The van der Waals surface area contributed by atoms with Crippen molar-refractivity contribution >= 4 is 10.8 Å². The van der Waals surface area contributed by atoms with Gasteiger partial charge in [-0.15, -0.1) is 0 Å². The third-order valence-corrected chi connectivity index (χ3v) is 2.38. The molecule has 0 aliphatic heterocycles. The summed E-state index contributed by atoms with van der Waals surface area (Å²) in [6.07, 6.45) is -4.47. The van der Waals surface area contributed by atoms with Gasteiger partial charge in [-0.1, -0.05) is 42.5 Å². The first-order valence-corrected chi connectivity index (χ1v) is 4.64. The standard InChI is InChI=1S/C12H10F2O/c13-12(14)11(15)10-7-3-5-8-4-1-2-6-9(8)10/h1-7,11-12,15H. The summed E-state index contributed by atoms with van der Waals surface area (Å²) in [6, 6.07) is 12.2. The molecule has 0 saturated heterocycles. The van der Waals surface area contributed by atoms with Crippen LogP contribution in [0.2, 0.25) is 0 Å². The van der Waals surface area contributed by atoms with E-state index in [1.807, 2.05) is 18.2 Å². The number of halogens is 2. The molecule has 0 amide bonds. The third kappa shape index (κ3) is 1.83. The molecule has 2 aromatic rings. The van der Waals surface area contributed by atoms with Crippen LogP contribution in [-0.4, -0.2) is 11.5 Å². The molecule has 0 aliphatic rings. The van der Waals surface area contributed by atoms with Crippen LogP contribution in [0.3, 0.4) is 0 Å². The van der Waals surface area contributed by atoms with E-state index in [0.29, 0.717) is 5.39 Å². The highest BCUT2D eigenvalue weighted by atomic mass is 19.3. The lowest BCUT2D eigenvalue weighted by molar-refractivity contribution is -0.00494. The number of aliphatic hydroxyl groups excluding tert-OH is 1. The van der Waals surface area contributed by atoms with Gasteiger partial charge in [0.2, 0.25) is 0 Å². The molecule has 0 aliphatic carbocycles. The average molecular weight is 208 g/mol. The van der Waals surface area contributed by atoms with Gasteiger partial charge in [-0.3, -0.25) is 0 Å². The van der Waals surface area contributed by atoms with Crippen LogP contribution in [0.4, 0.5) is 8.78 Å². The minimum atomic E-state index is -2.75. The fourth-order valence-electron chi connectivity index (χ4n) is 1.64. The summed E-state index contributed by atoms with van der Waals surface area (Å²) < 4.78 is 24.8. The summed E-state index contributed by atoms with van der Waals surface area (Å²) in [4.78, 5) is 0. The fourth-order valence-corrected chi connectivity index (χ4v) is 1.64. The molecular formula is C12H10F2O. The highest BCUT2D eigenvalue weighted by Crippen LogP contribution is 2.27. The first-order chi connectivity index (χ1) is 7.20. The van der Waals surface area contributed by atoms with Gasteiger partial charge in [0.1, 0.15) is 6.10 Å². The van der Waals surface area contributed by atoms with Crippen LogP contribution in [0.15, 0.2) is 42.5 Å². The molecule has 3 heteroatoms. The number of benzene rings is 2. The van der Waals surface area contributed by atoms with Crippen molar-refractivity contribution in [2.45, 2.75) is 12.5 Å². The molecule has 1 atom stereocenters. The van der Waals surface area contributed by atoms with Crippen molar-refractivity contribution in [3.05, 3.63) is 48.0 Å². The Bertz CT molecular complexity index is 463. The maximum atomic E-state index is 12.4. The smallest absolute Gasteiger partial charge is 0.268 e. The van der Waals surface area contributed by atoms with E-state index >= 15 is 0 Å². The van der Waals surface area contributed by atoms with Crippen molar-refractivity contribution in [1.82, 2.24) is 0 Å². The molecule has 1 unspecified atom stereocenters. The second kappa shape index (κ2) is 3.95. The Balaban J connectivity index is 2.60. The topological polar surface area (TPSA) is 20.2 Å². The predicted octanol–water partition coefficient (Wildman–Crippen LogP) is 3.14. The van der Waals surface area contributed by atoms with Crippen molar-refractivity contribution in [1.29, 1.82) is 0 Å². The monoisotopic (exact) mass is 208 g/mol. The van der Waals surface area contributed by atoms with E-state index in [4.69, 9.17) is 0 Å². The lowest BCUT2D eigenvalue weighted by Crippen LogP contribution is -2.08. The van der Waals surface area contributed by atoms with Gasteiger partial charge in [-0.25, -0.2) is 8.78 Å². The molecule has 2 rings (SSSR count). The molecule has 15 heavy (non-hydrogen) atoms. The van der Waals surface area contributed by atoms with E-state index in [9.17, 15) is 13.9 Å². The Hall–Kier alpha value is -1.48. The lowest BCUT2D eigenvalue weighted by atomic mass is 10.0. The first-order valence-electron chi connectivity index (χ1n) is 4.64. The van der Waals surface area contributed by atoms with Crippen LogP contribution >= 0.6 is 0 Å². The fraction of sp³-hybridized carbons (Fsp3) is 0.167. The molecule has 1 nitrogen and oxygen atoms in total. The molecule has 1 N–H and O–H groups in total. The second-order valence-corrected chi connectivity index (χ2v) is 3.35. The summed E-state index contributed by atoms with van der Waals surface area (Å²) in [7, 11) is 0. The highest BCUT2D eigenvalue weighted by molar-refractivity contribution is 5.85. The van der Waals surface area contributed by atoms with E-state index < -0.39 is 12.5 Å². The van der Waals surface area contributed by atoms with Crippen molar-refractivity contribution in [2.75, 3.05) is 0 Å². The SMILES string of the molecule is OC(c1cccc2ccccc12)C(F)F. The molecule has 0 aromatic heterocycles. The Kier molecular flexibility index (Phi) is 2.64. The summed E-state index contributed by atoms with van der Waals surface area (Å²) in [5.74, 6) is 0. The number of rotatable bonds is 2. The lowest BCUT2D eigenvalue weighted by Gasteiger charge is -2.12. The van der Waals surface area contributed by atoms with Crippen molar-refractivity contribution < 1.29 is 13.9 Å². The maximum Gasteiger partial charge on any atom is 0.268 e. The summed E-state index contributed by atoms with van der Waals surface area (Å²) >= 11 is 0. The van der Waals surface area contributed by atoms with E-state index in [2.05, 4.69) is 0 Å². The summed E-state index contributed by atoms with van der Waals surface area (Å²) in [5, 5.41) is 10.9. The quantitative estimate of drug-likeness (QED) is 0.803. The van der Waals surface area contributed by atoms with Crippen LogP contribution in [-0.2, 0) is 0 Å². The normalized spacial score (nSPS) is 13.3. The predicted molar refractivity (Wildman–Crippen MR) is 54.9 cm³/mol. The van der Waals surface area contributed by atoms with E-state index in [0.717, 1.165) is 5.39 Å². The second-order valence-electron chi connectivity index (χ2n) is 3.35. The largest absolute Gasteiger partial charge is 0.382 e. The van der Waals surface area contributed by atoms with Crippen LogP contribution in [0.25, 0.3) is 10.8 Å². The average Bonchev–Trinajstić information content (AvgIpc) is 2.27. The van der Waals surface area contributed by atoms with Crippen molar-refractivity contribution in [3.8, 4) is 0 Å². The van der Waals surface area contributed by atoms with Gasteiger partial charge in [-0.2, -0.15) is 0 Å². The zero-order valence-electron chi connectivity index (χ0n) is 7.90. The highest BCUT2D eigenvalue weighted by Gasteiger charge is 2.20. The van der Waals surface area contributed by atoms with Gasteiger partial charge in [0.15, 0.2) is 0 Å². The number of fused-ring (bicyclic) bond motifs is 1. The van der Waals surface area contributed by atoms with Gasteiger partial charge >= 0.3 is 0 Å². The molecule has 0 radical (unpaired) electrons. The Labute approximate surface area is 86.0 Å². The van der Waals surface area contributed by atoms with Crippen molar-refractivity contribution in [2.24, 2.45) is 0 Å². The van der Waals surface area contributed by atoms with E-state index in [1.54, 1.807) is 18.2 Å². The zero-order chi connectivity index (χ0) is 10.8. The van der Waals surface area contributed by atoms with Gasteiger partial charge in [-0.05, 0) is 16.3 Å². The third-order valence-electron chi connectivity index (χ3n) is 2.38. The van der Waals surface area contributed by atoms with Gasteiger partial charge < -0.3 is 5.11 Å². The Morgan fingerprint density at radius 1 is 0.933 bits per heavy atom.